The van der Waals surface area contributed by atoms with Crippen LogP contribution in [0, 0.1) is 17.0 Å². The third kappa shape index (κ3) is 7.82. The third-order valence-corrected chi connectivity index (χ3v) is 5.23. The van der Waals surface area contributed by atoms with Gasteiger partial charge in [0.15, 0.2) is 18.1 Å². The third-order valence-electron chi connectivity index (χ3n) is 4.64. The Balaban J connectivity index is 1.62. The molecule has 0 fully saturated rings. The molecule has 1 N–H and O–H groups in total. The van der Waals surface area contributed by atoms with Gasteiger partial charge in [0, 0.05) is 23.4 Å². The predicted octanol–water partition coefficient (Wildman–Crippen LogP) is 5.63. The van der Waals surface area contributed by atoms with Gasteiger partial charge in [0.1, 0.15) is 6.61 Å². The van der Waals surface area contributed by atoms with Gasteiger partial charge in [-0.1, -0.05) is 35.0 Å². The van der Waals surface area contributed by atoms with Gasteiger partial charge in [0.2, 0.25) is 0 Å². The molecule has 0 aliphatic heterocycles. The molecule has 0 atom stereocenters. The number of ether oxygens (including phenoxy) is 2. The zero-order valence-electron chi connectivity index (χ0n) is 19.2. The molecule has 0 aliphatic carbocycles. The quantitative estimate of drug-likeness (QED) is 0.191. The average molecular weight is 542 g/mol. The smallest absolute Gasteiger partial charge is 0.269 e. The topological polar surface area (TPSA) is 112 Å². The van der Waals surface area contributed by atoms with Gasteiger partial charge < -0.3 is 19.6 Å². The molecular formula is C25H24BrN3O6. The van der Waals surface area contributed by atoms with Crippen LogP contribution in [0.3, 0.4) is 0 Å². The average Bonchev–Trinajstić information content (AvgIpc) is 2.83. The van der Waals surface area contributed by atoms with Crippen molar-refractivity contribution in [3.05, 3.63) is 91.9 Å². The highest BCUT2D eigenvalue weighted by Gasteiger charge is 2.14. The molecule has 3 aromatic carbocycles. The number of nitro groups is 1. The molecule has 0 spiro atoms. The van der Waals surface area contributed by atoms with Crippen LogP contribution in [0.15, 0.2) is 70.3 Å². The first-order valence-corrected chi connectivity index (χ1v) is 11.5. The zero-order chi connectivity index (χ0) is 25.2. The number of nitrogens with one attached hydrogen (secondary N) is 1. The minimum Gasteiger partial charge on any atom is -0.490 e. The summed E-state index contributed by atoms with van der Waals surface area (Å²) in [6.07, 6.45) is 1.48. The number of carbonyl (C=O) groups excluding carboxylic acids is 1. The molecule has 0 bridgehead atoms. The Morgan fingerprint density at radius 2 is 1.91 bits per heavy atom. The Labute approximate surface area is 211 Å². The predicted molar refractivity (Wildman–Crippen MR) is 136 cm³/mol. The molecule has 0 heterocycles. The lowest BCUT2D eigenvalue weighted by atomic mass is 10.2. The Hall–Kier alpha value is -3.92. The Kier molecular flexibility index (Phi) is 9.19. The highest BCUT2D eigenvalue weighted by atomic mass is 79.9. The van der Waals surface area contributed by atoms with Crippen molar-refractivity contribution in [2.75, 3.05) is 18.5 Å². The van der Waals surface area contributed by atoms with Crippen LogP contribution in [0.25, 0.3) is 0 Å². The maximum Gasteiger partial charge on any atom is 0.269 e. The fourth-order valence-electron chi connectivity index (χ4n) is 3.01. The van der Waals surface area contributed by atoms with Gasteiger partial charge in [-0.05, 0) is 59.6 Å². The number of non-ortho nitro benzene ring substituents is 1. The first-order valence-electron chi connectivity index (χ1n) is 10.7. The summed E-state index contributed by atoms with van der Waals surface area (Å²) in [6, 6.07) is 17.1. The number of oxime groups is 1. The molecule has 182 valence electrons. The van der Waals surface area contributed by atoms with Crippen LogP contribution in [0.2, 0.25) is 0 Å². The monoisotopic (exact) mass is 541 g/mol. The minimum atomic E-state index is -0.463. The van der Waals surface area contributed by atoms with E-state index in [1.54, 1.807) is 24.3 Å². The number of hydrogen-bond acceptors (Lipinski definition) is 7. The molecule has 1 amide bonds. The lowest BCUT2D eigenvalue weighted by molar-refractivity contribution is -0.384. The van der Waals surface area contributed by atoms with Crippen molar-refractivity contribution in [2.24, 2.45) is 5.16 Å². The van der Waals surface area contributed by atoms with E-state index in [1.807, 2.05) is 38.1 Å². The molecule has 0 radical (unpaired) electrons. The first kappa shape index (κ1) is 25.7. The summed E-state index contributed by atoms with van der Waals surface area (Å²) >= 11 is 3.46. The maximum absolute atomic E-state index is 12.3. The van der Waals surface area contributed by atoms with E-state index in [2.05, 4.69) is 26.4 Å². The molecule has 3 rings (SSSR count). The van der Waals surface area contributed by atoms with E-state index in [-0.39, 0.29) is 24.8 Å². The standard InChI is InChI=1S/C25H24BrN3O6/c1-3-33-23-13-19(14-27-35-15-18-5-4-6-21(11-18)29(31)32)12-22(26)25(23)34-16-24(30)28-20-9-7-17(2)8-10-20/h4-14H,3,15-16H2,1-2H3,(H,28,30)/b27-14-. The molecule has 10 heteroatoms. The van der Waals surface area contributed by atoms with Gasteiger partial charge >= 0.3 is 0 Å². The zero-order valence-corrected chi connectivity index (χ0v) is 20.8. The van der Waals surface area contributed by atoms with Crippen molar-refractivity contribution < 1.29 is 24.0 Å². The Morgan fingerprint density at radius 1 is 1.14 bits per heavy atom. The number of amides is 1. The summed E-state index contributed by atoms with van der Waals surface area (Å²) in [5, 5.41) is 17.6. The number of anilines is 1. The summed E-state index contributed by atoms with van der Waals surface area (Å²) in [7, 11) is 0. The second-order valence-electron chi connectivity index (χ2n) is 7.40. The molecule has 3 aromatic rings. The van der Waals surface area contributed by atoms with E-state index < -0.39 is 4.92 Å². The first-order chi connectivity index (χ1) is 16.9. The Bertz CT molecular complexity index is 1210. The van der Waals surface area contributed by atoms with Crippen molar-refractivity contribution in [1.29, 1.82) is 0 Å². The summed E-state index contributed by atoms with van der Waals surface area (Å²) in [5.41, 5.74) is 3.06. The molecular weight excluding hydrogens is 518 g/mol. The van der Waals surface area contributed by atoms with Gasteiger partial charge in [0.05, 0.1) is 22.2 Å². The fraction of sp³-hybridized carbons (Fsp3) is 0.200. The molecule has 9 nitrogen and oxygen atoms in total. The van der Waals surface area contributed by atoms with Crippen LogP contribution >= 0.6 is 15.9 Å². The largest absolute Gasteiger partial charge is 0.490 e. The van der Waals surface area contributed by atoms with E-state index >= 15 is 0 Å². The number of hydrogen-bond donors (Lipinski definition) is 1. The van der Waals surface area contributed by atoms with Crippen molar-refractivity contribution in [2.45, 2.75) is 20.5 Å². The van der Waals surface area contributed by atoms with Gasteiger partial charge in [-0.3, -0.25) is 14.9 Å². The molecule has 0 unspecified atom stereocenters. The number of nitrogens with zero attached hydrogens (tertiary/aromatic N) is 2. The van der Waals surface area contributed by atoms with Crippen LogP contribution in [0.1, 0.15) is 23.6 Å². The highest BCUT2D eigenvalue weighted by Crippen LogP contribution is 2.36. The summed E-state index contributed by atoms with van der Waals surface area (Å²) in [4.78, 5) is 28.0. The Morgan fingerprint density at radius 3 is 2.63 bits per heavy atom. The number of aryl methyl sites for hydroxylation is 1. The molecule has 35 heavy (non-hydrogen) atoms. The van der Waals surface area contributed by atoms with E-state index in [0.29, 0.717) is 39.4 Å². The second-order valence-corrected chi connectivity index (χ2v) is 8.26. The second kappa shape index (κ2) is 12.5. The van der Waals surface area contributed by atoms with E-state index in [9.17, 15) is 14.9 Å². The van der Waals surface area contributed by atoms with Crippen LogP contribution in [-0.4, -0.2) is 30.3 Å². The van der Waals surface area contributed by atoms with Crippen LogP contribution in [0.4, 0.5) is 11.4 Å². The van der Waals surface area contributed by atoms with Gasteiger partial charge in [-0.25, -0.2) is 0 Å². The van der Waals surface area contributed by atoms with E-state index in [0.717, 1.165) is 5.56 Å². The number of carbonyl (C=O) groups is 1. The molecule has 0 saturated heterocycles. The number of benzene rings is 3. The SMILES string of the molecule is CCOc1cc(/C=N\OCc2cccc([N+](=O)[O-])c2)cc(Br)c1OCC(=O)Nc1ccc(C)cc1. The fourth-order valence-corrected chi connectivity index (χ4v) is 3.58. The number of rotatable bonds is 11. The summed E-state index contributed by atoms with van der Waals surface area (Å²) in [5.74, 6) is 0.522. The van der Waals surface area contributed by atoms with Crippen molar-refractivity contribution in [1.82, 2.24) is 0 Å². The number of halogens is 1. The highest BCUT2D eigenvalue weighted by molar-refractivity contribution is 9.10. The van der Waals surface area contributed by atoms with Gasteiger partial charge in [-0.15, -0.1) is 0 Å². The van der Waals surface area contributed by atoms with E-state index in [4.69, 9.17) is 14.3 Å². The number of nitro benzene ring substituents is 1. The molecule has 0 aromatic heterocycles. The summed E-state index contributed by atoms with van der Waals surface area (Å²) < 4.78 is 12.0. The van der Waals surface area contributed by atoms with Gasteiger partial charge in [-0.2, -0.15) is 0 Å². The lowest BCUT2D eigenvalue weighted by Crippen LogP contribution is -2.20. The van der Waals surface area contributed by atoms with Crippen LogP contribution < -0.4 is 14.8 Å². The van der Waals surface area contributed by atoms with Gasteiger partial charge in [0.25, 0.3) is 11.6 Å². The minimum absolute atomic E-state index is 0.0106. The van der Waals surface area contributed by atoms with Crippen LogP contribution in [-0.2, 0) is 16.2 Å². The van der Waals surface area contributed by atoms with Crippen molar-refractivity contribution in [3.8, 4) is 11.5 Å². The van der Waals surface area contributed by atoms with Crippen molar-refractivity contribution >= 4 is 39.4 Å². The normalized spacial score (nSPS) is 10.7. The van der Waals surface area contributed by atoms with Crippen LogP contribution in [0.5, 0.6) is 11.5 Å². The van der Waals surface area contributed by atoms with Crippen molar-refractivity contribution in [3.63, 3.8) is 0 Å². The molecule has 0 saturated carbocycles. The maximum atomic E-state index is 12.3. The van der Waals surface area contributed by atoms with E-state index in [1.165, 1.54) is 18.3 Å². The molecule has 0 aliphatic rings. The lowest BCUT2D eigenvalue weighted by Gasteiger charge is -2.14. The summed E-state index contributed by atoms with van der Waals surface area (Å²) in [6.45, 7) is 4.08.